The van der Waals surface area contributed by atoms with E-state index in [9.17, 15) is 18.3 Å². The Bertz CT molecular complexity index is 488. The lowest BCUT2D eigenvalue weighted by atomic mass is 10.1. The zero-order valence-corrected chi connectivity index (χ0v) is 13.1. The van der Waals surface area contributed by atoms with Crippen LogP contribution in [0.4, 0.5) is 13.2 Å². The van der Waals surface area contributed by atoms with Crippen molar-refractivity contribution in [3.63, 3.8) is 0 Å². The summed E-state index contributed by atoms with van der Waals surface area (Å²) in [6.45, 7) is 4.42. The molecule has 1 saturated heterocycles. The topological polar surface area (TPSA) is 26.7 Å². The average molecular weight is 337 g/mol. The van der Waals surface area contributed by atoms with E-state index in [-0.39, 0.29) is 6.54 Å². The third-order valence-electron chi connectivity index (χ3n) is 3.87. The highest BCUT2D eigenvalue weighted by molar-refractivity contribution is 6.20. The SMILES string of the molecule is CC(O)C(Cl)N1CCN(Cc2ccccc2C(F)(F)F)CC1. The van der Waals surface area contributed by atoms with Crippen molar-refractivity contribution in [2.24, 2.45) is 0 Å². The summed E-state index contributed by atoms with van der Waals surface area (Å²) < 4.78 is 39.0. The van der Waals surface area contributed by atoms with Crippen LogP contribution in [0.2, 0.25) is 0 Å². The number of nitrogens with zero attached hydrogens (tertiary/aromatic N) is 2. The van der Waals surface area contributed by atoms with Crippen LogP contribution in [0.15, 0.2) is 24.3 Å². The van der Waals surface area contributed by atoms with Crippen LogP contribution in [-0.2, 0) is 12.7 Å². The van der Waals surface area contributed by atoms with Gasteiger partial charge in [-0.1, -0.05) is 18.2 Å². The van der Waals surface area contributed by atoms with Crippen LogP contribution in [0.1, 0.15) is 18.1 Å². The molecular weight excluding hydrogens is 317 g/mol. The van der Waals surface area contributed by atoms with E-state index in [0.717, 1.165) is 6.07 Å². The number of alkyl halides is 4. The molecule has 1 fully saturated rings. The maximum Gasteiger partial charge on any atom is 0.416 e. The Morgan fingerprint density at radius 3 is 2.32 bits per heavy atom. The van der Waals surface area contributed by atoms with Gasteiger partial charge < -0.3 is 5.11 Å². The molecule has 2 rings (SSSR count). The highest BCUT2D eigenvalue weighted by Crippen LogP contribution is 2.32. The van der Waals surface area contributed by atoms with Gasteiger partial charge in [-0.05, 0) is 18.6 Å². The lowest BCUT2D eigenvalue weighted by Gasteiger charge is -2.38. The first kappa shape index (κ1) is 17.5. The van der Waals surface area contributed by atoms with Crippen molar-refractivity contribution < 1.29 is 18.3 Å². The summed E-state index contributed by atoms with van der Waals surface area (Å²) in [7, 11) is 0. The van der Waals surface area contributed by atoms with E-state index >= 15 is 0 Å². The molecule has 0 bridgehead atoms. The van der Waals surface area contributed by atoms with Gasteiger partial charge in [0.05, 0.1) is 11.7 Å². The second kappa shape index (κ2) is 7.17. The molecule has 0 aromatic heterocycles. The van der Waals surface area contributed by atoms with Crippen LogP contribution < -0.4 is 0 Å². The van der Waals surface area contributed by atoms with Gasteiger partial charge in [-0.3, -0.25) is 9.80 Å². The Balaban J connectivity index is 1.97. The van der Waals surface area contributed by atoms with Crippen molar-refractivity contribution in [1.29, 1.82) is 0 Å². The fourth-order valence-corrected chi connectivity index (χ4v) is 2.84. The lowest BCUT2D eigenvalue weighted by molar-refractivity contribution is -0.138. The maximum atomic E-state index is 13.0. The molecule has 0 amide bonds. The molecular formula is C15H20ClF3N2O. The Hall–Kier alpha value is -0.820. The molecule has 1 aromatic carbocycles. The largest absolute Gasteiger partial charge is 0.416 e. The molecule has 0 spiro atoms. The van der Waals surface area contributed by atoms with Crippen molar-refractivity contribution in [2.45, 2.75) is 31.2 Å². The van der Waals surface area contributed by atoms with Gasteiger partial charge in [-0.2, -0.15) is 13.2 Å². The number of hydrogen-bond donors (Lipinski definition) is 1. The molecule has 1 aliphatic rings. The third-order valence-corrected chi connectivity index (χ3v) is 4.51. The minimum absolute atomic E-state index is 0.269. The molecule has 1 heterocycles. The Labute approximate surface area is 133 Å². The number of hydrogen-bond acceptors (Lipinski definition) is 3. The maximum absolute atomic E-state index is 13.0. The van der Waals surface area contributed by atoms with Gasteiger partial charge in [0.25, 0.3) is 0 Å². The Morgan fingerprint density at radius 1 is 1.18 bits per heavy atom. The normalized spacial score (nSPS) is 20.8. The molecule has 1 N–H and O–H groups in total. The third kappa shape index (κ3) is 4.35. The number of piperazine rings is 1. The first-order valence-electron chi connectivity index (χ1n) is 7.22. The summed E-state index contributed by atoms with van der Waals surface area (Å²) in [6.07, 6.45) is -4.97. The molecule has 0 saturated carbocycles. The van der Waals surface area contributed by atoms with E-state index in [1.165, 1.54) is 12.1 Å². The second-order valence-corrected chi connectivity index (χ2v) is 6.03. The molecule has 7 heteroatoms. The smallest absolute Gasteiger partial charge is 0.390 e. The zero-order chi connectivity index (χ0) is 16.3. The van der Waals surface area contributed by atoms with Gasteiger partial charge in [0.15, 0.2) is 0 Å². The second-order valence-electron chi connectivity index (χ2n) is 5.58. The summed E-state index contributed by atoms with van der Waals surface area (Å²) in [4.78, 5) is 3.92. The van der Waals surface area contributed by atoms with Crippen molar-refractivity contribution in [2.75, 3.05) is 26.2 Å². The van der Waals surface area contributed by atoms with Crippen LogP contribution in [0, 0.1) is 0 Å². The molecule has 2 unspecified atom stereocenters. The van der Waals surface area contributed by atoms with E-state index < -0.39 is 23.3 Å². The quantitative estimate of drug-likeness (QED) is 0.676. The number of halogens is 4. The first-order chi connectivity index (χ1) is 10.3. The molecule has 3 nitrogen and oxygen atoms in total. The number of rotatable bonds is 4. The fourth-order valence-electron chi connectivity index (χ4n) is 2.65. The van der Waals surface area contributed by atoms with Crippen LogP contribution in [0.3, 0.4) is 0 Å². The summed E-state index contributed by atoms with van der Waals surface area (Å²) in [5, 5.41) is 9.49. The van der Waals surface area contributed by atoms with E-state index in [1.54, 1.807) is 13.0 Å². The number of benzene rings is 1. The average Bonchev–Trinajstić information content (AvgIpc) is 2.46. The lowest BCUT2D eigenvalue weighted by Crippen LogP contribution is -2.51. The fraction of sp³-hybridized carbons (Fsp3) is 0.600. The molecule has 1 aromatic rings. The van der Waals surface area contributed by atoms with Crippen LogP contribution in [0.5, 0.6) is 0 Å². The van der Waals surface area contributed by atoms with Crippen LogP contribution >= 0.6 is 11.6 Å². The predicted octanol–water partition coefficient (Wildman–Crippen LogP) is 2.77. The van der Waals surface area contributed by atoms with E-state index in [4.69, 9.17) is 11.6 Å². The van der Waals surface area contributed by atoms with Crippen molar-refractivity contribution in [3.8, 4) is 0 Å². The minimum Gasteiger partial charge on any atom is -0.390 e. The monoisotopic (exact) mass is 336 g/mol. The van der Waals surface area contributed by atoms with Crippen molar-refractivity contribution in [1.82, 2.24) is 9.80 Å². The van der Waals surface area contributed by atoms with Gasteiger partial charge >= 0.3 is 6.18 Å². The molecule has 1 aliphatic heterocycles. The van der Waals surface area contributed by atoms with Gasteiger partial charge in [0.2, 0.25) is 0 Å². The Kier molecular flexibility index (Phi) is 5.71. The number of aliphatic hydroxyl groups is 1. The molecule has 124 valence electrons. The summed E-state index contributed by atoms with van der Waals surface area (Å²) in [6, 6.07) is 5.68. The predicted molar refractivity (Wildman–Crippen MR) is 79.6 cm³/mol. The van der Waals surface area contributed by atoms with Gasteiger partial charge in [-0.25, -0.2) is 0 Å². The summed E-state index contributed by atoms with van der Waals surface area (Å²) >= 11 is 6.10. The van der Waals surface area contributed by atoms with E-state index in [1.807, 2.05) is 9.80 Å². The van der Waals surface area contributed by atoms with Crippen LogP contribution in [-0.4, -0.2) is 52.7 Å². The van der Waals surface area contributed by atoms with Crippen molar-refractivity contribution in [3.05, 3.63) is 35.4 Å². The van der Waals surface area contributed by atoms with Gasteiger partial charge in [-0.15, -0.1) is 11.6 Å². The number of aliphatic hydroxyl groups excluding tert-OH is 1. The van der Waals surface area contributed by atoms with Crippen LogP contribution in [0.25, 0.3) is 0 Å². The molecule has 2 atom stereocenters. The van der Waals surface area contributed by atoms with E-state index in [0.29, 0.717) is 31.7 Å². The molecule has 22 heavy (non-hydrogen) atoms. The first-order valence-corrected chi connectivity index (χ1v) is 7.66. The Morgan fingerprint density at radius 2 is 1.77 bits per heavy atom. The summed E-state index contributed by atoms with van der Waals surface area (Å²) in [5.74, 6) is 0. The summed E-state index contributed by atoms with van der Waals surface area (Å²) in [5.41, 5.74) is -0.734. The highest BCUT2D eigenvalue weighted by atomic mass is 35.5. The zero-order valence-electron chi connectivity index (χ0n) is 12.4. The molecule has 0 aliphatic carbocycles. The van der Waals surface area contributed by atoms with Crippen molar-refractivity contribution >= 4 is 11.6 Å². The highest BCUT2D eigenvalue weighted by Gasteiger charge is 2.33. The van der Waals surface area contributed by atoms with Gasteiger partial charge in [0.1, 0.15) is 5.50 Å². The molecule has 0 radical (unpaired) electrons. The van der Waals surface area contributed by atoms with E-state index in [2.05, 4.69) is 0 Å². The standard InChI is InChI=1S/C15H20ClF3N2O/c1-11(22)14(16)21-8-6-20(7-9-21)10-12-4-2-3-5-13(12)15(17,18)19/h2-5,11,14,22H,6-10H2,1H3. The van der Waals surface area contributed by atoms with Gasteiger partial charge in [0, 0.05) is 32.7 Å². The minimum atomic E-state index is -4.33.